The van der Waals surface area contributed by atoms with E-state index in [0.29, 0.717) is 30.7 Å². The van der Waals surface area contributed by atoms with E-state index in [-0.39, 0.29) is 24.0 Å². The third kappa shape index (κ3) is 6.70. The van der Waals surface area contributed by atoms with Crippen molar-refractivity contribution >= 4 is 41.3 Å². The highest BCUT2D eigenvalue weighted by atomic mass is 127. The van der Waals surface area contributed by atoms with Gasteiger partial charge in [0, 0.05) is 44.5 Å². The third-order valence-corrected chi connectivity index (χ3v) is 5.22. The fourth-order valence-corrected chi connectivity index (χ4v) is 3.78. The van der Waals surface area contributed by atoms with Gasteiger partial charge in [-0.25, -0.2) is 0 Å². The lowest BCUT2D eigenvalue weighted by molar-refractivity contribution is 0.0177. The molecule has 1 aliphatic heterocycles. The first-order chi connectivity index (χ1) is 12.8. The lowest BCUT2D eigenvalue weighted by Crippen LogP contribution is -2.46. The van der Waals surface area contributed by atoms with E-state index in [1.165, 1.54) is 4.88 Å². The predicted molar refractivity (Wildman–Crippen MR) is 117 cm³/mol. The molecule has 0 radical (unpaired) electrons. The predicted octanol–water partition coefficient (Wildman–Crippen LogP) is 1.84. The van der Waals surface area contributed by atoms with Crippen LogP contribution in [0.15, 0.2) is 27.0 Å². The highest BCUT2D eigenvalue weighted by Crippen LogP contribution is 2.25. The highest BCUT2D eigenvalue weighted by molar-refractivity contribution is 14.0. The molecule has 0 spiro atoms. The van der Waals surface area contributed by atoms with E-state index in [1.807, 2.05) is 6.92 Å². The average Bonchev–Trinajstić information content (AvgIpc) is 3.33. The molecule has 1 aliphatic rings. The summed E-state index contributed by atoms with van der Waals surface area (Å²) in [5, 5.41) is 12.7. The zero-order valence-corrected chi connectivity index (χ0v) is 18.8. The number of hydrogen-bond acceptors (Lipinski definition) is 7. The van der Waals surface area contributed by atoms with E-state index in [4.69, 9.17) is 9.26 Å². The summed E-state index contributed by atoms with van der Waals surface area (Å²) in [4.78, 5) is 12.3. The number of aliphatic imine (C=N–C) groups is 1. The number of halogens is 1. The number of morpholine rings is 1. The maximum absolute atomic E-state index is 5.50. The zero-order chi connectivity index (χ0) is 18.2. The second kappa shape index (κ2) is 11.6. The molecular weight excluding hydrogens is 479 g/mol. The summed E-state index contributed by atoms with van der Waals surface area (Å²) in [7, 11) is 1.78. The molecule has 1 saturated heterocycles. The molecule has 0 aliphatic carbocycles. The molecular formula is C17H27IN6O2S. The number of thiophene rings is 1. The summed E-state index contributed by atoms with van der Waals surface area (Å²) in [6.07, 6.45) is 0.666. The van der Waals surface area contributed by atoms with Crippen LogP contribution in [0.25, 0.3) is 0 Å². The van der Waals surface area contributed by atoms with Crippen molar-refractivity contribution in [3.8, 4) is 0 Å². The molecule has 0 amide bonds. The SMILES string of the molecule is CN=C(NCCc1nc(C)no1)NCC(c1cccs1)N1CCOCC1.I. The standard InChI is InChI=1S/C17H26N6O2S.HI/c1-13-21-16(25-22-13)5-6-19-17(18-2)20-12-14(15-4-3-11-26-15)23-7-9-24-10-8-23;/h3-4,11,14H,5-10,12H2,1-2H3,(H2,18,19,20);1H. The first kappa shape index (κ1) is 22.1. The summed E-state index contributed by atoms with van der Waals surface area (Å²) < 4.78 is 10.6. The van der Waals surface area contributed by atoms with Crippen molar-refractivity contribution in [2.24, 2.45) is 4.99 Å². The number of aromatic nitrogens is 2. The van der Waals surface area contributed by atoms with Gasteiger partial charge in [-0.2, -0.15) is 4.98 Å². The molecule has 1 unspecified atom stereocenters. The number of guanidine groups is 1. The Morgan fingerprint density at radius 2 is 2.19 bits per heavy atom. The molecule has 150 valence electrons. The smallest absolute Gasteiger partial charge is 0.228 e. The van der Waals surface area contributed by atoms with Crippen LogP contribution >= 0.6 is 35.3 Å². The maximum atomic E-state index is 5.50. The Morgan fingerprint density at radius 1 is 1.37 bits per heavy atom. The van der Waals surface area contributed by atoms with Gasteiger partial charge in [-0.1, -0.05) is 11.2 Å². The Labute approximate surface area is 180 Å². The van der Waals surface area contributed by atoms with Gasteiger partial charge in [-0.05, 0) is 18.4 Å². The van der Waals surface area contributed by atoms with E-state index in [0.717, 1.165) is 38.8 Å². The summed E-state index contributed by atoms with van der Waals surface area (Å²) in [5.74, 6) is 2.07. The van der Waals surface area contributed by atoms with Gasteiger partial charge in [0.15, 0.2) is 11.8 Å². The number of rotatable bonds is 7. The van der Waals surface area contributed by atoms with Crippen LogP contribution in [-0.4, -0.2) is 67.4 Å². The third-order valence-electron chi connectivity index (χ3n) is 4.25. The van der Waals surface area contributed by atoms with Gasteiger partial charge < -0.3 is 19.9 Å². The van der Waals surface area contributed by atoms with E-state index in [1.54, 1.807) is 18.4 Å². The molecule has 2 N–H and O–H groups in total. The molecule has 8 nitrogen and oxygen atoms in total. The van der Waals surface area contributed by atoms with E-state index in [2.05, 4.69) is 48.2 Å². The molecule has 2 aromatic heterocycles. The summed E-state index contributed by atoms with van der Waals surface area (Å²) in [6.45, 7) is 6.77. The van der Waals surface area contributed by atoms with Crippen molar-refractivity contribution in [1.82, 2.24) is 25.7 Å². The van der Waals surface area contributed by atoms with E-state index >= 15 is 0 Å². The first-order valence-electron chi connectivity index (χ1n) is 8.85. The minimum Gasteiger partial charge on any atom is -0.379 e. The van der Waals surface area contributed by atoms with E-state index < -0.39 is 0 Å². The zero-order valence-electron chi connectivity index (χ0n) is 15.7. The van der Waals surface area contributed by atoms with Gasteiger partial charge in [0.1, 0.15) is 0 Å². The van der Waals surface area contributed by atoms with Crippen molar-refractivity contribution in [2.75, 3.05) is 46.4 Å². The lowest BCUT2D eigenvalue weighted by atomic mass is 10.2. The first-order valence-corrected chi connectivity index (χ1v) is 9.73. The summed E-state index contributed by atoms with van der Waals surface area (Å²) >= 11 is 1.79. The minimum absolute atomic E-state index is 0. The molecule has 0 saturated carbocycles. The summed E-state index contributed by atoms with van der Waals surface area (Å²) in [6, 6.07) is 4.61. The van der Waals surface area contributed by atoms with Crippen LogP contribution in [0.2, 0.25) is 0 Å². The molecule has 3 heterocycles. The maximum Gasteiger partial charge on any atom is 0.228 e. The van der Waals surface area contributed by atoms with Crippen molar-refractivity contribution in [3.63, 3.8) is 0 Å². The van der Waals surface area contributed by atoms with Crippen LogP contribution in [0, 0.1) is 6.92 Å². The van der Waals surface area contributed by atoms with Crippen LogP contribution in [0.1, 0.15) is 22.6 Å². The molecule has 27 heavy (non-hydrogen) atoms. The van der Waals surface area contributed by atoms with Crippen molar-refractivity contribution < 1.29 is 9.26 Å². The summed E-state index contributed by atoms with van der Waals surface area (Å²) in [5.41, 5.74) is 0. The lowest BCUT2D eigenvalue weighted by Gasteiger charge is -2.34. The average molecular weight is 506 g/mol. The van der Waals surface area contributed by atoms with Crippen LogP contribution in [0.3, 0.4) is 0 Å². The number of aryl methyl sites for hydroxylation is 1. The van der Waals surface area contributed by atoms with Gasteiger partial charge in [0.25, 0.3) is 0 Å². The normalized spacial score (nSPS) is 16.6. The van der Waals surface area contributed by atoms with Crippen LogP contribution in [0.5, 0.6) is 0 Å². The van der Waals surface area contributed by atoms with Gasteiger partial charge in [0.05, 0.1) is 19.3 Å². The van der Waals surface area contributed by atoms with Gasteiger partial charge in [0.2, 0.25) is 5.89 Å². The largest absolute Gasteiger partial charge is 0.379 e. The number of ether oxygens (including phenoxy) is 1. The molecule has 1 atom stereocenters. The quantitative estimate of drug-likeness (QED) is 0.337. The monoisotopic (exact) mass is 506 g/mol. The Morgan fingerprint density at radius 3 is 2.81 bits per heavy atom. The Balaban J connectivity index is 0.00000261. The van der Waals surface area contributed by atoms with Crippen LogP contribution in [-0.2, 0) is 11.2 Å². The minimum atomic E-state index is 0. The molecule has 0 bridgehead atoms. The van der Waals surface area contributed by atoms with Gasteiger partial charge in [-0.3, -0.25) is 9.89 Å². The molecule has 2 aromatic rings. The Hall–Kier alpha value is -1.24. The van der Waals surface area contributed by atoms with Crippen molar-refractivity contribution in [2.45, 2.75) is 19.4 Å². The molecule has 10 heteroatoms. The topological polar surface area (TPSA) is 87.8 Å². The second-order valence-corrected chi connectivity index (χ2v) is 7.02. The molecule has 1 fully saturated rings. The van der Waals surface area contributed by atoms with Crippen LogP contribution < -0.4 is 10.6 Å². The number of nitrogens with zero attached hydrogens (tertiary/aromatic N) is 4. The van der Waals surface area contributed by atoms with Gasteiger partial charge in [-0.15, -0.1) is 35.3 Å². The Kier molecular flexibility index (Phi) is 9.45. The van der Waals surface area contributed by atoms with Crippen LogP contribution in [0.4, 0.5) is 0 Å². The van der Waals surface area contributed by atoms with Crippen molar-refractivity contribution in [3.05, 3.63) is 34.1 Å². The second-order valence-electron chi connectivity index (χ2n) is 6.04. The number of nitrogens with one attached hydrogen (secondary N) is 2. The van der Waals surface area contributed by atoms with E-state index in [9.17, 15) is 0 Å². The molecule has 3 rings (SSSR count). The van der Waals surface area contributed by atoms with Crippen molar-refractivity contribution in [1.29, 1.82) is 0 Å². The Bertz CT molecular complexity index is 687. The fourth-order valence-electron chi connectivity index (χ4n) is 2.92. The fraction of sp³-hybridized carbons (Fsp3) is 0.588. The van der Waals surface area contributed by atoms with Gasteiger partial charge >= 0.3 is 0 Å². The molecule has 0 aromatic carbocycles. The highest BCUT2D eigenvalue weighted by Gasteiger charge is 2.23. The number of hydrogen-bond donors (Lipinski definition) is 2.